The topological polar surface area (TPSA) is 84.1 Å². The van der Waals surface area contributed by atoms with Crippen molar-refractivity contribution >= 4 is 22.4 Å². The van der Waals surface area contributed by atoms with Crippen LogP contribution in [0.25, 0.3) is 10.9 Å². The van der Waals surface area contributed by atoms with Gasteiger partial charge in [0.25, 0.3) is 0 Å². The van der Waals surface area contributed by atoms with E-state index in [2.05, 4.69) is 15.3 Å². The van der Waals surface area contributed by atoms with Crippen LogP contribution < -0.4 is 11.1 Å². The lowest BCUT2D eigenvalue weighted by Crippen LogP contribution is -2.48. The summed E-state index contributed by atoms with van der Waals surface area (Å²) >= 11 is 0. The maximum Gasteiger partial charge on any atom is 0.137 e. The number of hydrogen-bond donors (Lipinski definition) is 3. The fraction of sp³-hybridized carbons (Fsp3) is 0.385. The smallest absolute Gasteiger partial charge is 0.137 e. The summed E-state index contributed by atoms with van der Waals surface area (Å²) in [5.74, 6) is 0.751. The van der Waals surface area contributed by atoms with Gasteiger partial charge in [0.1, 0.15) is 12.1 Å². The average molecular weight is 244 g/mol. The van der Waals surface area contributed by atoms with Gasteiger partial charge in [0.05, 0.1) is 17.7 Å². The highest BCUT2D eigenvalue weighted by Gasteiger charge is 2.36. The van der Waals surface area contributed by atoms with Crippen LogP contribution in [0.4, 0.5) is 11.5 Å². The van der Waals surface area contributed by atoms with Crippen LogP contribution in [0.5, 0.6) is 0 Å². The Labute approximate surface area is 105 Å². The van der Waals surface area contributed by atoms with Crippen molar-refractivity contribution in [1.82, 2.24) is 9.97 Å². The van der Waals surface area contributed by atoms with Crippen molar-refractivity contribution in [3.8, 4) is 0 Å². The molecular weight excluding hydrogens is 228 g/mol. The second-order valence-corrected chi connectivity index (χ2v) is 4.92. The number of fused-ring (bicyclic) bond motifs is 1. The number of anilines is 2. The van der Waals surface area contributed by atoms with Crippen molar-refractivity contribution in [2.24, 2.45) is 0 Å². The predicted octanol–water partition coefficient (Wildman–Crippen LogP) is 1.54. The van der Waals surface area contributed by atoms with Crippen LogP contribution in [-0.4, -0.2) is 27.2 Å². The molecule has 1 aromatic heterocycles. The predicted molar refractivity (Wildman–Crippen MR) is 71.2 cm³/mol. The number of hydrogen-bond acceptors (Lipinski definition) is 5. The Bertz CT molecular complexity index is 575. The molecule has 0 saturated heterocycles. The van der Waals surface area contributed by atoms with E-state index in [0.717, 1.165) is 36.0 Å². The van der Waals surface area contributed by atoms with Gasteiger partial charge in [-0.1, -0.05) is 0 Å². The Morgan fingerprint density at radius 2 is 2.17 bits per heavy atom. The van der Waals surface area contributed by atoms with Crippen LogP contribution in [0.3, 0.4) is 0 Å². The van der Waals surface area contributed by atoms with Gasteiger partial charge >= 0.3 is 0 Å². The van der Waals surface area contributed by atoms with E-state index in [0.29, 0.717) is 5.69 Å². The summed E-state index contributed by atoms with van der Waals surface area (Å²) in [5.41, 5.74) is 7.13. The van der Waals surface area contributed by atoms with Crippen molar-refractivity contribution in [3.05, 3.63) is 24.5 Å². The first-order chi connectivity index (χ1) is 8.72. The maximum atomic E-state index is 9.49. The molecule has 5 heteroatoms. The molecule has 1 aliphatic rings. The van der Waals surface area contributed by atoms with Crippen LogP contribution in [0.2, 0.25) is 0 Å². The van der Waals surface area contributed by atoms with E-state index < -0.39 is 0 Å². The second kappa shape index (κ2) is 4.10. The van der Waals surface area contributed by atoms with E-state index in [4.69, 9.17) is 5.73 Å². The number of benzene rings is 1. The highest BCUT2D eigenvalue weighted by atomic mass is 16.3. The molecule has 1 aromatic carbocycles. The third-order valence-corrected chi connectivity index (χ3v) is 3.66. The number of aliphatic hydroxyl groups excluding tert-OH is 1. The molecule has 0 unspecified atom stereocenters. The van der Waals surface area contributed by atoms with Gasteiger partial charge < -0.3 is 16.2 Å². The zero-order valence-electron chi connectivity index (χ0n) is 10.1. The van der Waals surface area contributed by atoms with E-state index in [9.17, 15) is 5.11 Å². The van der Waals surface area contributed by atoms with Crippen LogP contribution in [0, 0.1) is 0 Å². The van der Waals surface area contributed by atoms with Crippen LogP contribution >= 0.6 is 0 Å². The van der Waals surface area contributed by atoms with Gasteiger partial charge in [-0.05, 0) is 37.5 Å². The SMILES string of the molecule is Nc1ccc2ncnc(NC3(CO)CCC3)c2c1. The molecular formula is C13H16N4O. The molecule has 0 amide bonds. The van der Waals surface area contributed by atoms with Crippen molar-refractivity contribution < 1.29 is 5.11 Å². The van der Waals surface area contributed by atoms with E-state index in [1.807, 2.05) is 18.2 Å². The number of nitrogens with one attached hydrogen (secondary N) is 1. The number of nitrogens with two attached hydrogens (primary N) is 1. The number of rotatable bonds is 3. The largest absolute Gasteiger partial charge is 0.399 e. The molecule has 94 valence electrons. The molecule has 1 saturated carbocycles. The normalized spacial score (nSPS) is 17.4. The zero-order valence-corrected chi connectivity index (χ0v) is 10.1. The average Bonchev–Trinajstić information content (AvgIpc) is 2.34. The van der Waals surface area contributed by atoms with Crippen molar-refractivity contribution in [3.63, 3.8) is 0 Å². The summed E-state index contributed by atoms with van der Waals surface area (Å²) in [5, 5.41) is 13.7. The molecule has 0 radical (unpaired) electrons. The third-order valence-electron chi connectivity index (χ3n) is 3.66. The number of aromatic nitrogens is 2. The van der Waals surface area contributed by atoms with Crippen molar-refractivity contribution in [1.29, 1.82) is 0 Å². The van der Waals surface area contributed by atoms with Gasteiger partial charge in [-0.15, -0.1) is 0 Å². The lowest BCUT2D eigenvalue weighted by Gasteiger charge is -2.41. The summed E-state index contributed by atoms with van der Waals surface area (Å²) in [6, 6.07) is 5.57. The molecule has 2 aromatic rings. The van der Waals surface area contributed by atoms with E-state index in [-0.39, 0.29) is 12.1 Å². The molecule has 1 fully saturated rings. The first-order valence-corrected chi connectivity index (χ1v) is 6.12. The summed E-state index contributed by atoms with van der Waals surface area (Å²) < 4.78 is 0. The van der Waals surface area contributed by atoms with Gasteiger partial charge in [0.2, 0.25) is 0 Å². The Morgan fingerprint density at radius 3 is 2.83 bits per heavy atom. The molecule has 5 nitrogen and oxygen atoms in total. The molecule has 1 heterocycles. The van der Waals surface area contributed by atoms with E-state index >= 15 is 0 Å². The monoisotopic (exact) mass is 244 g/mol. The van der Waals surface area contributed by atoms with Gasteiger partial charge in [0.15, 0.2) is 0 Å². The quantitative estimate of drug-likeness (QED) is 0.713. The Morgan fingerprint density at radius 1 is 1.33 bits per heavy atom. The minimum absolute atomic E-state index is 0.126. The number of nitrogens with zero attached hydrogens (tertiary/aromatic N) is 2. The third kappa shape index (κ3) is 1.76. The zero-order chi connectivity index (χ0) is 12.6. The fourth-order valence-corrected chi connectivity index (χ4v) is 2.35. The van der Waals surface area contributed by atoms with Crippen LogP contribution in [-0.2, 0) is 0 Å². The van der Waals surface area contributed by atoms with E-state index in [1.165, 1.54) is 6.33 Å². The fourth-order valence-electron chi connectivity index (χ4n) is 2.35. The van der Waals surface area contributed by atoms with Gasteiger partial charge in [-0.2, -0.15) is 0 Å². The van der Waals surface area contributed by atoms with E-state index in [1.54, 1.807) is 0 Å². The highest BCUT2D eigenvalue weighted by molar-refractivity contribution is 5.91. The Balaban J connectivity index is 2.03. The molecule has 4 N–H and O–H groups in total. The molecule has 1 aliphatic carbocycles. The second-order valence-electron chi connectivity index (χ2n) is 4.92. The van der Waals surface area contributed by atoms with Gasteiger partial charge in [0, 0.05) is 11.1 Å². The molecule has 3 rings (SSSR count). The summed E-state index contributed by atoms with van der Waals surface area (Å²) in [6.45, 7) is 0.126. The number of aliphatic hydroxyl groups is 1. The summed E-state index contributed by atoms with van der Waals surface area (Å²) in [6.07, 6.45) is 4.61. The Hall–Kier alpha value is -1.88. The van der Waals surface area contributed by atoms with Crippen molar-refractivity contribution in [2.75, 3.05) is 17.7 Å². The first kappa shape index (κ1) is 11.2. The van der Waals surface area contributed by atoms with Crippen LogP contribution in [0.15, 0.2) is 24.5 Å². The Kier molecular flexibility index (Phi) is 2.56. The summed E-state index contributed by atoms with van der Waals surface area (Å²) in [7, 11) is 0. The lowest BCUT2D eigenvalue weighted by atomic mass is 9.77. The molecule has 0 spiro atoms. The minimum atomic E-state index is -0.216. The maximum absolute atomic E-state index is 9.49. The first-order valence-electron chi connectivity index (χ1n) is 6.12. The molecule has 0 atom stereocenters. The highest BCUT2D eigenvalue weighted by Crippen LogP contribution is 2.36. The molecule has 0 bridgehead atoms. The lowest BCUT2D eigenvalue weighted by molar-refractivity contribution is 0.144. The van der Waals surface area contributed by atoms with Gasteiger partial charge in [-0.3, -0.25) is 0 Å². The number of nitrogen functional groups attached to an aromatic ring is 1. The van der Waals surface area contributed by atoms with Crippen LogP contribution in [0.1, 0.15) is 19.3 Å². The van der Waals surface area contributed by atoms with Gasteiger partial charge in [-0.25, -0.2) is 9.97 Å². The molecule has 18 heavy (non-hydrogen) atoms. The summed E-state index contributed by atoms with van der Waals surface area (Å²) in [4.78, 5) is 8.49. The minimum Gasteiger partial charge on any atom is -0.399 e. The standard InChI is InChI=1S/C13H16N4O/c14-9-2-3-11-10(6-9)12(16-8-15-11)17-13(7-18)4-1-5-13/h2-3,6,8,18H,1,4-5,7,14H2,(H,15,16,17). The molecule has 0 aliphatic heterocycles. The van der Waals surface area contributed by atoms with Crippen molar-refractivity contribution in [2.45, 2.75) is 24.8 Å².